The lowest BCUT2D eigenvalue weighted by atomic mass is 10.3. The van der Waals surface area contributed by atoms with E-state index in [9.17, 15) is 19.2 Å². The van der Waals surface area contributed by atoms with Crippen LogP contribution in [0.3, 0.4) is 0 Å². The second-order valence-electron chi connectivity index (χ2n) is 7.21. The molecule has 0 aliphatic carbocycles. The third-order valence-electron chi connectivity index (χ3n) is 4.73. The molecular formula is C20H28N4O4S4. The van der Waals surface area contributed by atoms with Gasteiger partial charge in [-0.15, -0.1) is 0 Å². The molecule has 12 heteroatoms. The Labute approximate surface area is 207 Å². The van der Waals surface area contributed by atoms with Gasteiger partial charge in [0.2, 0.25) is 11.8 Å². The predicted molar refractivity (Wildman–Crippen MR) is 136 cm³/mol. The van der Waals surface area contributed by atoms with Gasteiger partial charge in [-0.05, 0) is 12.8 Å². The topological polar surface area (TPSA) is 98.8 Å². The average molecular weight is 517 g/mol. The number of carbonyl (C=O) groups excluding carboxylic acids is 4. The Hall–Kier alpha value is -1.50. The van der Waals surface area contributed by atoms with Gasteiger partial charge in [0.25, 0.3) is 11.8 Å². The van der Waals surface area contributed by atoms with E-state index < -0.39 is 0 Å². The van der Waals surface area contributed by atoms with Crippen molar-refractivity contribution in [1.82, 2.24) is 20.4 Å². The van der Waals surface area contributed by atoms with Crippen LogP contribution in [0.2, 0.25) is 0 Å². The van der Waals surface area contributed by atoms with Gasteiger partial charge in [-0.1, -0.05) is 74.6 Å². The number of thioether (sulfide) groups is 2. The first-order chi connectivity index (χ1) is 15.3. The molecule has 32 heavy (non-hydrogen) atoms. The highest BCUT2D eigenvalue weighted by molar-refractivity contribution is 8.29. The van der Waals surface area contributed by atoms with Crippen LogP contribution in [0.4, 0.5) is 0 Å². The molecule has 2 saturated heterocycles. The fourth-order valence-electron chi connectivity index (χ4n) is 2.87. The Bertz CT molecular complexity index is 764. The zero-order valence-electron chi connectivity index (χ0n) is 18.2. The lowest BCUT2D eigenvalue weighted by molar-refractivity contribution is -0.126. The summed E-state index contributed by atoms with van der Waals surface area (Å²) in [4.78, 5) is 52.8. The zero-order chi connectivity index (χ0) is 23.7. The van der Waals surface area contributed by atoms with Crippen molar-refractivity contribution in [3.8, 4) is 0 Å². The quantitative estimate of drug-likeness (QED) is 0.232. The number of unbranched alkanes of at least 4 members (excludes halogenated alkanes) is 2. The molecule has 0 aromatic rings. The summed E-state index contributed by atoms with van der Waals surface area (Å²) in [5.41, 5.74) is 0. The second kappa shape index (κ2) is 13.3. The lowest BCUT2D eigenvalue weighted by Gasteiger charge is -2.14. The third kappa shape index (κ3) is 7.26. The Morgan fingerprint density at radius 3 is 1.50 bits per heavy atom. The van der Waals surface area contributed by atoms with E-state index in [-0.39, 0.29) is 59.4 Å². The maximum absolute atomic E-state index is 12.9. The molecule has 0 aromatic carbocycles. The SMILES string of the molecule is CCCCNC(=O)CCN1C(=O)C(=C2SC(=S)N(CCC(=O)NCCCC)C2=O)SC1=S. The first kappa shape index (κ1) is 26.7. The molecule has 0 atom stereocenters. The molecule has 2 heterocycles. The van der Waals surface area contributed by atoms with Crippen molar-refractivity contribution in [2.75, 3.05) is 26.2 Å². The molecule has 2 rings (SSSR count). The number of amides is 4. The van der Waals surface area contributed by atoms with Crippen LogP contribution in [-0.4, -0.2) is 68.2 Å². The Kier molecular flexibility index (Phi) is 11.1. The van der Waals surface area contributed by atoms with Crippen LogP contribution in [0.1, 0.15) is 52.4 Å². The van der Waals surface area contributed by atoms with Gasteiger partial charge in [0.05, 0.1) is 9.81 Å². The summed E-state index contributed by atoms with van der Waals surface area (Å²) >= 11 is 12.7. The molecule has 2 aliphatic rings. The predicted octanol–water partition coefficient (Wildman–Crippen LogP) is 2.53. The van der Waals surface area contributed by atoms with Crippen molar-refractivity contribution >= 4 is 80.2 Å². The summed E-state index contributed by atoms with van der Waals surface area (Å²) in [6.07, 6.45) is 4.03. The minimum atomic E-state index is -0.390. The standard InChI is InChI=1S/C20H28N4O4S4/c1-3-5-9-21-13(25)7-11-23-17(27)15(31-19(23)29)16-18(28)24(20(30)32-16)12-8-14(26)22-10-6-4-2/h3-12H2,1-2H3,(H,21,25)(H,22,26). The highest BCUT2D eigenvalue weighted by atomic mass is 32.2. The van der Waals surface area contributed by atoms with E-state index in [2.05, 4.69) is 10.6 Å². The number of carbonyl (C=O) groups is 4. The smallest absolute Gasteiger partial charge is 0.267 e. The number of nitrogens with one attached hydrogen (secondary N) is 2. The van der Waals surface area contributed by atoms with Crippen LogP contribution >= 0.6 is 48.0 Å². The zero-order valence-corrected chi connectivity index (χ0v) is 21.5. The van der Waals surface area contributed by atoms with Gasteiger partial charge >= 0.3 is 0 Å². The second-order valence-corrected chi connectivity index (χ2v) is 10.5. The third-order valence-corrected chi connectivity index (χ3v) is 7.76. The van der Waals surface area contributed by atoms with Gasteiger partial charge in [0.15, 0.2) is 0 Å². The molecular weight excluding hydrogens is 489 g/mol. The van der Waals surface area contributed by atoms with E-state index >= 15 is 0 Å². The van der Waals surface area contributed by atoms with E-state index in [1.165, 1.54) is 9.80 Å². The number of hydrogen-bond acceptors (Lipinski definition) is 8. The van der Waals surface area contributed by atoms with Crippen LogP contribution in [0.25, 0.3) is 0 Å². The molecule has 4 amide bonds. The maximum Gasteiger partial charge on any atom is 0.267 e. The van der Waals surface area contributed by atoms with E-state index in [1.807, 2.05) is 13.8 Å². The fraction of sp³-hybridized carbons (Fsp3) is 0.600. The van der Waals surface area contributed by atoms with Gasteiger partial charge in [-0.25, -0.2) is 0 Å². The summed E-state index contributed by atoms with van der Waals surface area (Å²) in [7, 11) is 0. The van der Waals surface area contributed by atoms with Gasteiger partial charge in [-0.2, -0.15) is 0 Å². The summed E-state index contributed by atoms with van der Waals surface area (Å²) in [5, 5.41) is 5.62. The first-order valence-corrected chi connectivity index (χ1v) is 13.1. The average Bonchev–Trinajstić information content (AvgIpc) is 3.19. The van der Waals surface area contributed by atoms with Crippen LogP contribution in [0, 0.1) is 0 Å². The Balaban J connectivity index is 1.96. The van der Waals surface area contributed by atoms with E-state index in [0.717, 1.165) is 49.2 Å². The van der Waals surface area contributed by atoms with Crippen molar-refractivity contribution in [2.45, 2.75) is 52.4 Å². The summed E-state index contributed by atoms with van der Waals surface area (Å²) < 4.78 is 0.624. The van der Waals surface area contributed by atoms with Gasteiger partial charge in [0.1, 0.15) is 8.64 Å². The number of hydrogen-bond donors (Lipinski definition) is 2. The lowest BCUT2D eigenvalue weighted by Crippen LogP contribution is -2.34. The molecule has 2 aliphatic heterocycles. The highest BCUT2D eigenvalue weighted by Gasteiger charge is 2.42. The van der Waals surface area contributed by atoms with Crippen molar-refractivity contribution in [3.63, 3.8) is 0 Å². The molecule has 0 spiro atoms. The van der Waals surface area contributed by atoms with Crippen LogP contribution in [0.15, 0.2) is 9.81 Å². The minimum Gasteiger partial charge on any atom is -0.356 e. The monoisotopic (exact) mass is 516 g/mol. The van der Waals surface area contributed by atoms with Crippen molar-refractivity contribution in [3.05, 3.63) is 9.81 Å². The maximum atomic E-state index is 12.9. The van der Waals surface area contributed by atoms with Crippen LogP contribution < -0.4 is 10.6 Å². The van der Waals surface area contributed by atoms with E-state index in [1.54, 1.807) is 0 Å². The van der Waals surface area contributed by atoms with Crippen LogP contribution in [0.5, 0.6) is 0 Å². The van der Waals surface area contributed by atoms with Crippen LogP contribution in [-0.2, 0) is 19.2 Å². The molecule has 176 valence electrons. The molecule has 0 radical (unpaired) electrons. The molecule has 0 aromatic heterocycles. The minimum absolute atomic E-state index is 0.136. The molecule has 2 fully saturated rings. The summed E-state index contributed by atoms with van der Waals surface area (Å²) in [6.45, 7) is 5.60. The molecule has 0 bridgehead atoms. The van der Waals surface area contributed by atoms with Gasteiger partial charge < -0.3 is 10.6 Å². The van der Waals surface area contributed by atoms with Gasteiger partial charge in [-0.3, -0.25) is 29.0 Å². The Morgan fingerprint density at radius 1 is 0.781 bits per heavy atom. The number of thiocarbonyl (C=S) groups is 2. The number of nitrogens with zero attached hydrogens (tertiary/aromatic N) is 2. The Morgan fingerprint density at radius 2 is 1.16 bits per heavy atom. The molecule has 0 saturated carbocycles. The van der Waals surface area contributed by atoms with E-state index in [0.29, 0.717) is 21.7 Å². The molecule has 2 N–H and O–H groups in total. The summed E-state index contributed by atoms with van der Waals surface area (Å²) in [6, 6.07) is 0. The molecule has 8 nitrogen and oxygen atoms in total. The van der Waals surface area contributed by atoms with Crippen molar-refractivity contribution < 1.29 is 19.2 Å². The largest absolute Gasteiger partial charge is 0.356 e. The first-order valence-electron chi connectivity index (χ1n) is 10.6. The normalized spacial score (nSPS) is 18.7. The summed E-state index contributed by atoms with van der Waals surface area (Å²) in [5.74, 6) is -1.06. The van der Waals surface area contributed by atoms with E-state index in [4.69, 9.17) is 24.4 Å². The molecule has 0 unspecified atom stereocenters. The highest BCUT2D eigenvalue weighted by Crippen LogP contribution is 2.42. The van der Waals surface area contributed by atoms with Crippen molar-refractivity contribution in [1.29, 1.82) is 0 Å². The fourth-order valence-corrected chi connectivity index (χ4v) is 5.64. The number of rotatable bonds is 12. The van der Waals surface area contributed by atoms with Gasteiger partial charge in [0, 0.05) is 39.0 Å². The van der Waals surface area contributed by atoms with Crippen molar-refractivity contribution in [2.24, 2.45) is 0 Å².